The van der Waals surface area contributed by atoms with Gasteiger partial charge in [-0.25, -0.2) is 0 Å². The minimum absolute atomic E-state index is 0. The van der Waals surface area contributed by atoms with Crippen LogP contribution in [0.3, 0.4) is 0 Å². The lowest BCUT2D eigenvalue weighted by Gasteiger charge is -2.29. The summed E-state index contributed by atoms with van der Waals surface area (Å²) in [6.45, 7) is 46.6. The van der Waals surface area contributed by atoms with Crippen LogP contribution in [-0.2, 0) is 32.3 Å². The lowest BCUT2D eigenvalue weighted by atomic mass is 9.83. The quantitative estimate of drug-likeness (QED) is 0.0384. The molecule has 7 aromatic rings. The maximum Gasteiger partial charge on any atom is 0.119 e. The molecule has 8 rings (SSSR count). The number of ether oxygens (including phenoxy) is 1. The molecule has 5 heteroatoms. The van der Waals surface area contributed by atoms with E-state index in [1.807, 2.05) is 29.5 Å². The maximum atomic E-state index is 5.88. The summed E-state index contributed by atoms with van der Waals surface area (Å²) in [4.78, 5) is 0. The second-order valence-corrected chi connectivity index (χ2v) is 33.5. The molecule has 536 valence electrons. The van der Waals surface area contributed by atoms with Crippen molar-refractivity contribution in [1.82, 2.24) is 16.0 Å². The van der Waals surface area contributed by atoms with E-state index in [0.717, 1.165) is 83.8 Å². The fourth-order valence-electron chi connectivity index (χ4n) is 14.6. The van der Waals surface area contributed by atoms with Gasteiger partial charge in [-0.15, -0.1) is 11.3 Å². The van der Waals surface area contributed by atoms with Gasteiger partial charge in [-0.05, 0) is 204 Å². The summed E-state index contributed by atoms with van der Waals surface area (Å²) in [7, 11) is 0. The van der Waals surface area contributed by atoms with Gasteiger partial charge in [-0.1, -0.05) is 311 Å². The summed E-state index contributed by atoms with van der Waals surface area (Å²) in [6.07, 6.45) is 22.6. The van der Waals surface area contributed by atoms with Crippen molar-refractivity contribution in [2.75, 3.05) is 0 Å². The Morgan fingerprint density at radius 3 is 1.27 bits per heavy atom. The van der Waals surface area contributed by atoms with Crippen molar-refractivity contribution in [2.24, 2.45) is 59.2 Å². The monoisotopic (exact) mass is 1330 g/mol. The molecule has 0 unspecified atom stereocenters. The van der Waals surface area contributed by atoms with Gasteiger partial charge in [0.1, 0.15) is 12.4 Å². The van der Waals surface area contributed by atoms with Crippen molar-refractivity contribution in [3.63, 3.8) is 0 Å². The highest BCUT2D eigenvalue weighted by atomic mass is 32.1. The first-order valence-electron chi connectivity index (χ1n) is 38.3. The second-order valence-electron chi connectivity index (χ2n) is 32.6. The predicted molar refractivity (Wildman–Crippen MR) is 432 cm³/mol. The van der Waals surface area contributed by atoms with E-state index in [-0.39, 0.29) is 7.43 Å². The summed E-state index contributed by atoms with van der Waals surface area (Å²) in [6, 6.07) is 57.7. The molecule has 0 aliphatic heterocycles. The highest BCUT2D eigenvalue weighted by Gasteiger charge is 2.22. The van der Waals surface area contributed by atoms with Crippen LogP contribution in [0, 0.1) is 59.2 Å². The Balaban J connectivity index is 0.000000314. The molecule has 1 aliphatic rings. The summed E-state index contributed by atoms with van der Waals surface area (Å²) in [5, 5.41) is 17.6. The zero-order valence-corrected chi connectivity index (χ0v) is 65.1. The number of benzene rings is 6. The van der Waals surface area contributed by atoms with Crippen molar-refractivity contribution in [1.29, 1.82) is 0 Å². The van der Waals surface area contributed by atoms with Crippen LogP contribution in [0.5, 0.6) is 5.75 Å². The van der Waals surface area contributed by atoms with Gasteiger partial charge in [-0.2, -0.15) is 0 Å². The van der Waals surface area contributed by atoms with Crippen LogP contribution >= 0.6 is 11.3 Å². The van der Waals surface area contributed by atoms with Gasteiger partial charge in [-0.3, -0.25) is 0 Å². The first-order chi connectivity index (χ1) is 45.3. The van der Waals surface area contributed by atoms with Crippen LogP contribution in [0.15, 0.2) is 157 Å². The molecule has 1 aliphatic carbocycles. The predicted octanol–water partition coefficient (Wildman–Crippen LogP) is 26.1. The average molecular weight is 1330 g/mol. The molecule has 1 aromatic heterocycles. The smallest absolute Gasteiger partial charge is 0.119 e. The largest absolute Gasteiger partial charge is 0.489 e. The van der Waals surface area contributed by atoms with Crippen molar-refractivity contribution in [3.05, 3.63) is 185 Å². The zero-order chi connectivity index (χ0) is 69.7. The molecule has 96 heavy (non-hydrogen) atoms. The van der Waals surface area contributed by atoms with Gasteiger partial charge >= 0.3 is 0 Å². The Hall–Kier alpha value is -4.78. The fraction of sp³-hybridized carbons (Fsp3) is 0.604. The molecule has 0 amide bonds. The molecule has 1 fully saturated rings. The molecule has 1 saturated carbocycles. The molecule has 0 spiro atoms. The lowest BCUT2D eigenvalue weighted by Crippen LogP contribution is -2.37. The van der Waals surface area contributed by atoms with Crippen LogP contribution in [-0.4, -0.2) is 36.3 Å². The van der Waals surface area contributed by atoms with Gasteiger partial charge in [0.05, 0.1) is 0 Å². The Morgan fingerprint density at radius 2 is 0.781 bits per heavy atom. The highest BCUT2D eigenvalue weighted by Crippen LogP contribution is 2.31. The molecule has 0 radical (unpaired) electrons. The van der Waals surface area contributed by atoms with Crippen molar-refractivity contribution in [3.8, 4) is 5.75 Å². The third kappa shape index (κ3) is 38.5. The van der Waals surface area contributed by atoms with E-state index in [0.29, 0.717) is 36.8 Å². The van der Waals surface area contributed by atoms with Crippen LogP contribution in [0.1, 0.15) is 257 Å². The Morgan fingerprint density at radius 1 is 0.375 bits per heavy atom. The van der Waals surface area contributed by atoms with Gasteiger partial charge in [0, 0.05) is 41.0 Å². The molecule has 3 N–H and O–H groups in total. The normalized spacial score (nSPS) is 13.7. The minimum atomic E-state index is 0. The standard InChI is InChI=1S/C23H32O.C19H27N.C17H25NS.C16H26.C15H31N.CH4/c1-18(2)14-22(15-19(3)4)16-20-10-12-23(13-11-20)24-17-21-8-6-5-7-9-21;1-14(2)11-19(20-15(3)4)13-16-9-10-17-7-5-6-8-18(17)12-16;1-12(2)9-15(18-13(3)4)10-14-11-19-17-8-6-5-7-16(14)17;1-13(2)10-16(11-14(3)4)12-15-8-6-5-7-9-15;1-12(2)10-15(16-13(3)4)11-14-8-6-5-7-9-14;/h5-13,18-19,22H,14-17H2,1-4H3;5-10,12,14-15,19-20H,11,13H2,1-4H3;5-8,11-13,15,18H,9-10H2,1-4H3;5-9,13-14,16H,10-12H2,1-4H3;12-16H,5-11H2,1-4H3;1H4/t;19-;15-;;15-;/m.11.1./s1. The van der Waals surface area contributed by atoms with Gasteiger partial charge in [0.15, 0.2) is 0 Å². The molecule has 1 heterocycles. The second kappa shape index (κ2) is 48.1. The van der Waals surface area contributed by atoms with Gasteiger partial charge < -0.3 is 20.7 Å². The van der Waals surface area contributed by atoms with Gasteiger partial charge in [0.2, 0.25) is 0 Å². The third-order valence-corrected chi connectivity index (χ3v) is 18.9. The fourth-order valence-corrected chi connectivity index (χ4v) is 15.6. The van der Waals surface area contributed by atoms with Crippen molar-refractivity contribution in [2.45, 2.75) is 298 Å². The van der Waals surface area contributed by atoms with Crippen molar-refractivity contribution < 1.29 is 4.74 Å². The number of hydrogen-bond acceptors (Lipinski definition) is 5. The first-order valence-corrected chi connectivity index (χ1v) is 39.2. The number of nitrogens with one attached hydrogen (secondary N) is 3. The lowest BCUT2D eigenvalue weighted by molar-refractivity contribution is 0.269. The molecule has 0 saturated heterocycles. The number of thiophene rings is 1. The molecular weight excluding hydrogens is 1180 g/mol. The van der Waals surface area contributed by atoms with Crippen LogP contribution in [0.25, 0.3) is 20.9 Å². The highest BCUT2D eigenvalue weighted by molar-refractivity contribution is 7.17. The Bertz CT molecular complexity index is 2930. The Kier molecular flexibility index (Phi) is 42.8. The number of fused-ring (bicyclic) bond motifs is 2. The Labute approximate surface area is 597 Å². The van der Waals surface area contributed by atoms with Crippen LogP contribution in [0.2, 0.25) is 0 Å². The minimum Gasteiger partial charge on any atom is -0.489 e. The van der Waals surface area contributed by atoms with E-state index in [9.17, 15) is 0 Å². The summed E-state index contributed by atoms with van der Waals surface area (Å²) in [5.41, 5.74) is 7.06. The van der Waals surface area contributed by atoms with E-state index in [2.05, 4.69) is 293 Å². The van der Waals surface area contributed by atoms with Crippen molar-refractivity contribution >= 4 is 32.2 Å². The van der Waals surface area contributed by atoms with E-state index in [1.54, 1.807) is 0 Å². The maximum absolute atomic E-state index is 5.88. The number of rotatable bonds is 33. The van der Waals surface area contributed by atoms with Crippen LogP contribution in [0.4, 0.5) is 0 Å². The molecular formula is C91H145N3OS. The molecule has 3 atom stereocenters. The average Bonchev–Trinajstić information content (AvgIpc) is 1.76. The topological polar surface area (TPSA) is 45.3 Å². The number of hydrogen-bond donors (Lipinski definition) is 3. The molecule has 4 nitrogen and oxygen atoms in total. The zero-order valence-electron chi connectivity index (χ0n) is 64.3. The van der Waals surface area contributed by atoms with E-state index in [1.165, 1.54) is 145 Å². The molecule has 0 bridgehead atoms. The molecule has 6 aromatic carbocycles. The first kappa shape index (κ1) is 85.4. The van der Waals surface area contributed by atoms with E-state index < -0.39 is 0 Å². The van der Waals surface area contributed by atoms with Gasteiger partial charge in [0.25, 0.3) is 0 Å². The van der Waals surface area contributed by atoms with E-state index in [4.69, 9.17) is 4.74 Å². The van der Waals surface area contributed by atoms with Crippen LogP contribution < -0.4 is 20.7 Å². The SMILES string of the molecule is C.CC(C)CC(Cc1ccc(OCc2ccccc2)cc1)CC(C)C.CC(C)CC(Cc1ccccc1)CC(C)C.CC(C)C[C@H](CC1CCCCC1)NC(C)C.CC(C)C[C@H](Cc1ccc2ccccc2c1)NC(C)C.CC(C)C[C@H](Cc1csc2ccccc12)NC(C)C. The summed E-state index contributed by atoms with van der Waals surface area (Å²) < 4.78 is 7.29. The summed E-state index contributed by atoms with van der Waals surface area (Å²) in [5.74, 6) is 9.02. The summed E-state index contributed by atoms with van der Waals surface area (Å²) >= 11 is 1.87. The van der Waals surface area contributed by atoms with E-state index >= 15 is 0 Å². The third-order valence-electron chi connectivity index (χ3n) is 17.9.